The van der Waals surface area contributed by atoms with Crippen molar-refractivity contribution >= 4 is 28.9 Å². The van der Waals surface area contributed by atoms with Crippen LogP contribution in [0.5, 0.6) is 0 Å². The first-order valence-corrected chi connectivity index (χ1v) is 6.62. The Bertz CT molecular complexity index is 614. The van der Waals surface area contributed by atoms with E-state index in [1.165, 1.54) is 11.6 Å². The average molecular weight is 290 g/mol. The molecule has 2 aromatic rings. The summed E-state index contributed by atoms with van der Waals surface area (Å²) in [6, 6.07) is 13.2. The van der Waals surface area contributed by atoms with Crippen molar-refractivity contribution in [3.05, 3.63) is 58.6 Å². The molecule has 0 aliphatic carbocycles. The zero-order valence-corrected chi connectivity index (χ0v) is 11.7. The molecule has 20 heavy (non-hydrogen) atoms. The third-order valence-electron chi connectivity index (χ3n) is 2.94. The number of nitrogen functional groups attached to an aromatic ring is 1. The Morgan fingerprint density at radius 2 is 1.90 bits per heavy atom. The van der Waals surface area contributed by atoms with Crippen molar-refractivity contribution in [2.75, 3.05) is 17.6 Å². The van der Waals surface area contributed by atoms with Crippen molar-refractivity contribution in [2.24, 2.45) is 5.73 Å². The van der Waals surface area contributed by atoms with Crippen LogP contribution in [0.1, 0.15) is 15.9 Å². The highest BCUT2D eigenvalue weighted by atomic mass is 35.5. The molecule has 0 atom stereocenters. The van der Waals surface area contributed by atoms with Crippen molar-refractivity contribution in [2.45, 2.75) is 6.42 Å². The van der Waals surface area contributed by atoms with Gasteiger partial charge in [-0.3, -0.25) is 4.79 Å². The fourth-order valence-corrected chi connectivity index (χ4v) is 2.27. The van der Waals surface area contributed by atoms with Crippen LogP contribution in [0.3, 0.4) is 0 Å². The van der Waals surface area contributed by atoms with Gasteiger partial charge in [0.25, 0.3) is 5.91 Å². The predicted molar refractivity (Wildman–Crippen MR) is 83.0 cm³/mol. The highest BCUT2D eigenvalue weighted by Crippen LogP contribution is 2.28. The van der Waals surface area contributed by atoms with Crippen molar-refractivity contribution < 1.29 is 4.79 Å². The number of primary amides is 1. The van der Waals surface area contributed by atoms with Gasteiger partial charge in [-0.1, -0.05) is 41.9 Å². The summed E-state index contributed by atoms with van der Waals surface area (Å²) in [6.45, 7) is 0.647. The molecule has 0 saturated carbocycles. The zero-order chi connectivity index (χ0) is 14.5. The summed E-state index contributed by atoms with van der Waals surface area (Å²) in [5.41, 5.74) is 13.5. The van der Waals surface area contributed by atoms with E-state index in [1.54, 1.807) is 6.07 Å². The Balaban J connectivity index is 2.11. The van der Waals surface area contributed by atoms with Gasteiger partial charge in [-0.2, -0.15) is 0 Å². The number of benzene rings is 2. The molecule has 5 heteroatoms. The van der Waals surface area contributed by atoms with Crippen molar-refractivity contribution in [1.82, 2.24) is 0 Å². The van der Waals surface area contributed by atoms with Crippen LogP contribution in [0, 0.1) is 0 Å². The van der Waals surface area contributed by atoms with Crippen LogP contribution in [0.25, 0.3) is 0 Å². The lowest BCUT2D eigenvalue weighted by Gasteiger charge is -2.13. The van der Waals surface area contributed by atoms with Crippen LogP contribution in [0.15, 0.2) is 42.5 Å². The van der Waals surface area contributed by atoms with E-state index in [0.29, 0.717) is 28.5 Å². The van der Waals surface area contributed by atoms with E-state index in [4.69, 9.17) is 23.1 Å². The van der Waals surface area contributed by atoms with Crippen LogP contribution >= 0.6 is 11.6 Å². The van der Waals surface area contributed by atoms with E-state index in [2.05, 4.69) is 5.32 Å². The molecule has 0 saturated heterocycles. The molecule has 2 aromatic carbocycles. The molecule has 0 aliphatic heterocycles. The van der Waals surface area contributed by atoms with E-state index < -0.39 is 5.91 Å². The number of anilines is 2. The molecule has 0 unspecified atom stereocenters. The van der Waals surface area contributed by atoms with E-state index >= 15 is 0 Å². The Hall–Kier alpha value is -2.20. The summed E-state index contributed by atoms with van der Waals surface area (Å²) in [7, 11) is 0. The summed E-state index contributed by atoms with van der Waals surface area (Å²) < 4.78 is 0. The highest BCUT2D eigenvalue weighted by Gasteiger charge is 2.12. The maximum absolute atomic E-state index is 11.4. The number of rotatable bonds is 5. The quantitative estimate of drug-likeness (QED) is 0.740. The molecule has 0 bridgehead atoms. The van der Waals surface area contributed by atoms with Crippen molar-refractivity contribution in [1.29, 1.82) is 0 Å². The lowest BCUT2D eigenvalue weighted by Crippen LogP contribution is -2.16. The standard InChI is InChI=1S/C15H16ClN3O/c16-13-9-11(17)8-12(15(18)20)14(13)19-7-6-10-4-2-1-3-5-10/h1-5,8-9,19H,6-7,17H2,(H2,18,20). The average Bonchev–Trinajstić information content (AvgIpc) is 2.41. The molecule has 104 valence electrons. The number of hydrogen-bond acceptors (Lipinski definition) is 3. The zero-order valence-electron chi connectivity index (χ0n) is 10.9. The van der Waals surface area contributed by atoms with Gasteiger partial charge in [0, 0.05) is 12.2 Å². The number of halogens is 1. The van der Waals surface area contributed by atoms with Gasteiger partial charge in [0.15, 0.2) is 0 Å². The Labute approximate surface area is 122 Å². The Morgan fingerprint density at radius 3 is 2.55 bits per heavy atom. The molecule has 5 N–H and O–H groups in total. The fourth-order valence-electron chi connectivity index (χ4n) is 1.98. The first-order valence-electron chi connectivity index (χ1n) is 6.24. The smallest absolute Gasteiger partial charge is 0.250 e. The number of nitrogens with one attached hydrogen (secondary N) is 1. The van der Waals surface area contributed by atoms with Crippen LogP contribution in [0.4, 0.5) is 11.4 Å². The molecule has 1 amide bonds. The molecular formula is C15H16ClN3O. The third-order valence-corrected chi connectivity index (χ3v) is 3.23. The minimum atomic E-state index is -0.554. The Morgan fingerprint density at radius 1 is 1.20 bits per heavy atom. The molecule has 0 fully saturated rings. The van der Waals surface area contributed by atoms with Gasteiger partial charge in [-0.15, -0.1) is 0 Å². The second kappa shape index (κ2) is 6.30. The predicted octanol–water partition coefficient (Wildman–Crippen LogP) is 2.68. The summed E-state index contributed by atoms with van der Waals surface area (Å²) >= 11 is 6.11. The molecule has 2 rings (SSSR count). The summed E-state index contributed by atoms with van der Waals surface area (Å²) in [4.78, 5) is 11.4. The van der Waals surface area contributed by atoms with E-state index in [9.17, 15) is 4.79 Å². The van der Waals surface area contributed by atoms with Crippen LogP contribution < -0.4 is 16.8 Å². The van der Waals surface area contributed by atoms with Gasteiger partial charge < -0.3 is 16.8 Å². The van der Waals surface area contributed by atoms with Crippen molar-refractivity contribution in [3.8, 4) is 0 Å². The van der Waals surface area contributed by atoms with Crippen LogP contribution in [0.2, 0.25) is 5.02 Å². The normalized spacial score (nSPS) is 10.2. The molecule has 0 heterocycles. The highest BCUT2D eigenvalue weighted by molar-refractivity contribution is 6.34. The molecular weight excluding hydrogens is 274 g/mol. The van der Waals surface area contributed by atoms with Crippen molar-refractivity contribution in [3.63, 3.8) is 0 Å². The minimum absolute atomic E-state index is 0.308. The summed E-state index contributed by atoms with van der Waals surface area (Å²) in [5, 5.41) is 3.55. The topological polar surface area (TPSA) is 81.1 Å². The maximum atomic E-state index is 11.4. The SMILES string of the molecule is NC(=O)c1cc(N)cc(Cl)c1NCCc1ccccc1. The number of nitrogens with two attached hydrogens (primary N) is 2. The van der Waals surface area contributed by atoms with Gasteiger partial charge in [-0.05, 0) is 24.1 Å². The Kier molecular flexibility index (Phi) is 4.48. The summed E-state index contributed by atoms with van der Waals surface area (Å²) in [5.74, 6) is -0.554. The lowest BCUT2D eigenvalue weighted by atomic mass is 10.1. The fraction of sp³-hybridized carbons (Fsp3) is 0.133. The van der Waals surface area contributed by atoms with E-state index in [-0.39, 0.29) is 0 Å². The molecule has 4 nitrogen and oxygen atoms in total. The summed E-state index contributed by atoms with van der Waals surface area (Å²) in [6.07, 6.45) is 0.819. The number of amides is 1. The van der Waals surface area contributed by atoms with Crippen LogP contribution in [-0.2, 0) is 6.42 Å². The van der Waals surface area contributed by atoms with Gasteiger partial charge in [0.1, 0.15) is 0 Å². The lowest BCUT2D eigenvalue weighted by molar-refractivity contribution is 0.100. The largest absolute Gasteiger partial charge is 0.399 e. The number of carbonyl (C=O) groups is 1. The van der Waals surface area contributed by atoms with Gasteiger partial charge in [0.2, 0.25) is 0 Å². The monoisotopic (exact) mass is 289 g/mol. The molecule has 0 spiro atoms. The van der Waals surface area contributed by atoms with Gasteiger partial charge in [-0.25, -0.2) is 0 Å². The second-order valence-corrected chi connectivity index (χ2v) is 4.86. The second-order valence-electron chi connectivity index (χ2n) is 4.45. The minimum Gasteiger partial charge on any atom is -0.399 e. The third kappa shape index (κ3) is 3.42. The van der Waals surface area contributed by atoms with Gasteiger partial charge in [0.05, 0.1) is 16.3 Å². The van der Waals surface area contributed by atoms with E-state index in [0.717, 1.165) is 6.42 Å². The van der Waals surface area contributed by atoms with Crippen LogP contribution in [-0.4, -0.2) is 12.5 Å². The first-order chi connectivity index (χ1) is 9.58. The number of hydrogen-bond donors (Lipinski definition) is 3. The molecule has 0 aromatic heterocycles. The maximum Gasteiger partial charge on any atom is 0.250 e. The molecule has 0 radical (unpaired) electrons. The first kappa shape index (κ1) is 14.2. The molecule has 0 aliphatic rings. The van der Waals surface area contributed by atoms with E-state index in [1.807, 2.05) is 30.3 Å². The number of carbonyl (C=O) groups excluding carboxylic acids is 1. The van der Waals surface area contributed by atoms with Gasteiger partial charge >= 0.3 is 0 Å².